The third-order valence-corrected chi connectivity index (χ3v) is 9.70. The number of rotatable bonds is 9. The predicted octanol–water partition coefficient (Wildman–Crippen LogP) is 5.55. The Labute approximate surface area is 270 Å². The topological polar surface area (TPSA) is 94.3 Å². The van der Waals surface area contributed by atoms with Crippen molar-refractivity contribution in [2.24, 2.45) is 11.7 Å². The van der Waals surface area contributed by atoms with Crippen LogP contribution in [-0.4, -0.2) is 75.2 Å². The average Bonchev–Trinajstić information content (AvgIpc) is 3.53. The highest BCUT2D eigenvalue weighted by Gasteiger charge is 2.51. The van der Waals surface area contributed by atoms with E-state index in [-0.39, 0.29) is 42.1 Å². The number of nitrogens with two attached hydrogens (primary N) is 1. The van der Waals surface area contributed by atoms with Gasteiger partial charge in [-0.1, -0.05) is 54.1 Å². The maximum atomic E-state index is 13.6. The average molecular weight is 643 g/mol. The molecular formula is C34H41Cl2N3O5. The number of amides is 2. The van der Waals surface area contributed by atoms with Crippen molar-refractivity contribution in [1.29, 1.82) is 0 Å². The fourth-order valence-corrected chi connectivity index (χ4v) is 7.23. The number of piperidine rings is 1. The number of ether oxygens (including phenoxy) is 3. The van der Waals surface area contributed by atoms with Crippen molar-refractivity contribution in [3.63, 3.8) is 0 Å². The molecule has 2 N–H and O–H groups in total. The summed E-state index contributed by atoms with van der Waals surface area (Å²) >= 11 is 6.45. The quantitative estimate of drug-likeness (QED) is 0.329. The molecule has 3 aromatic rings. The summed E-state index contributed by atoms with van der Waals surface area (Å²) in [6.45, 7) is 4.89. The Hall–Kier alpha value is -3.46. The van der Waals surface area contributed by atoms with E-state index in [1.807, 2.05) is 59.5 Å². The summed E-state index contributed by atoms with van der Waals surface area (Å²) in [4.78, 5) is 31.3. The molecule has 2 heterocycles. The first-order valence-corrected chi connectivity index (χ1v) is 15.1. The lowest BCUT2D eigenvalue weighted by molar-refractivity contribution is -0.126. The van der Waals surface area contributed by atoms with Crippen LogP contribution in [0.5, 0.6) is 17.2 Å². The fourth-order valence-electron chi connectivity index (χ4n) is 7.03. The van der Waals surface area contributed by atoms with E-state index in [1.54, 1.807) is 33.5 Å². The molecule has 5 rings (SSSR count). The van der Waals surface area contributed by atoms with Crippen LogP contribution >= 0.6 is 24.0 Å². The zero-order valence-corrected chi connectivity index (χ0v) is 27.2. The zero-order chi connectivity index (χ0) is 30.7. The normalized spacial score (nSPS) is 22.5. The van der Waals surface area contributed by atoms with E-state index >= 15 is 0 Å². The third kappa shape index (κ3) is 6.21. The molecule has 10 heteroatoms. The number of methoxy groups -OCH3 is 3. The van der Waals surface area contributed by atoms with Crippen LogP contribution in [0.1, 0.15) is 47.2 Å². The standard InChI is InChI=1S/C34H40ClN3O5.ClH/c1-22(24-13-15-38(20-24)32(39)25-18-29(41-2)31(43-4)30(19-25)42-3)37-16-14-34(33(36)40,26-10-6-5-7-11-26)28(21-37)23-9-8-12-27(35)17-23;/h5-12,17-19,22,24,28H,13-16,20-21H2,1-4H3,(H2,36,40);1H. The predicted molar refractivity (Wildman–Crippen MR) is 175 cm³/mol. The van der Waals surface area contributed by atoms with E-state index in [0.29, 0.717) is 60.4 Å². The fraction of sp³-hybridized carbons (Fsp3) is 0.412. The van der Waals surface area contributed by atoms with E-state index in [9.17, 15) is 9.59 Å². The Bertz CT molecular complexity index is 1450. The minimum absolute atomic E-state index is 0. The lowest BCUT2D eigenvalue weighted by Gasteiger charge is -2.49. The minimum atomic E-state index is -0.855. The van der Waals surface area contributed by atoms with Crippen molar-refractivity contribution in [1.82, 2.24) is 9.80 Å². The van der Waals surface area contributed by atoms with Crippen LogP contribution in [0.15, 0.2) is 66.7 Å². The van der Waals surface area contributed by atoms with Crippen molar-refractivity contribution < 1.29 is 23.8 Å². The van der Waals surface area contributed by atoms with E-state index in [1.165, 1.54) is 0 Å². The molecule has 8 nitrogen and oxygen atoms in total. The van der Waals surface area contributed by atoms with Crippen molar-refractivity contribution in [3.05, 3.63) is 88.4 Å². The molecule has 3 aromatic carbocycles. The van der Waals surface area contributed by atoms with Gasteiger partial charge in [0, 0.05) is 42.2 Å². The second kappa shape index (κ2) is 14.1. The van der Waals surface area contributed by atoms with E-state index in [0.717, 1.165) is 17.5 Å². The highest BCUT2D eigenvalue weighted by atomic mass is 35.5. The van der Waals surface area contributed by atoms with E-state index in [2.05, 4.69) is 11.8 Å². The molecule has 2 saturated heterocycles. The van der Waals surface area contributed by atoms with Gasteiger partial charge in [0.05, 0.1) is 26.7 Å². The van der Waals surface area contributed by atoms with Gasteiger partial charge in [-0.15, -0.1) is 12.4 Å². The lowest BCUT2D eigenvalue weighted by atomic mass is 9.62. The molecule has 2 fully saturated rings. The number of primary amides is 1. The smallest absolute Gasteiger partial charge is 0.254 e. The number of halogens is 2. The van der Waals surface area contributed by atoms with Gasteiger partial charge in [-0.05, 0) is 67.6 Å². The van der Waals surface area contributed by atoms with Crippen molar-refractivity contribution >= 4 is 35.8 Å². The first-order valence-electron chi connectivity index (χ1n) is 14.7. The van der Waals surface area contributed by atoms with E-state index < -0.39 is 5.41 Å². The first kappa shape index (κ1) is 33.4. The molecule has 0 aliphatic carbocycles. The second-order valence-corrected chi connectivity index (χ2v) is 11.9. The van der Waals surface area contributed by atoms with Crippen LogP contribution in [0.4, 0.5) is 0 Å². The Morgan fingerprint density at radius 2 is 1.61 bits per heavy atom. The van der Waals surface area contributed by atoms with Gasteiger partial charge in [-0.3, -0.25) is 14.5 Å². The lowest BCUT2D eigenvalue weighted by Crippen LogP contribution is -2.57. The Morgan fingerprint density at radius 3 is 2.20 bits per heavy atom. The van der Waals surface area contributed by atoms with Gasteiger partial charge in [0.15, 0.2) is 11.5 Å². The number of nitrogens with zero attached hydrogens (tertiary/aromatic N) is 2. The number of hydrogen-bond donors (Lipinski definition) is 1. The maximum absolute atomic E-state index is 13.6. The molecular weight excluding hydrogens is 601 g/mol. The maximum Gasteiger partial charge on any atom is 0.254 e. The van der Waals surface area contributed by atoms with Crippen molar-refractivity contribution in [3.8, 4) is 17.2 Å². The summed E-state index contributed by atoms with van der Waals surface area (Å²) in [5.41, 5.74) is 7.82. The highest BCUT2D eigenvalue weighted by molar-refractivity contribution is 6.30. The second-order valence-electron chi connectivity index (χ2n) is 11.5. The molecule has 236 valence electrons. The number of carbonyl (C=O) groups excluding carboxylic acids is 2. The van der Waals surface area contributed by atoms with Crippen molar-refractivity contribution in [2.75, 3.05) is 47.5 Å². The van der Waals surface area contributed by atoms with Crippen LogP contribution < -0.4 is 19.9 Å². The summed E-state index contributed by atoms with van der Waals surface area (Å²) in [7, 11) is 4.62. The third-order valence-electron chi connectivity index (χ3n) is 9.47. The van der Waals surface area contributed by atoms with Crippen LogP contribution in [0, 0.1) is 5.92 Å². The van der Waals surface area contributed by atoms with Gasteiger partial charge in [0.25, 0.3) is 5.91 Å². The number of benzene rings is 3. The summed E-state index contributed by atoms with van der Waals surface area (Å²) in [6, 6.07) is 21.2. The van der Waals surface area contributed by atoms with Gasteiger partial charge in [0.2, 0.25) is 11.7 Å². The molecule has 2 aliphatic heterocycles. The Morgan fingerprint density at radius 1 is 0.932 bits per heavy atom. The summed E-state index contributed by atoms with van der Waals surface area (Å²) in [5.74, 6) is 1.05. The largest absolute Gasteiger partial charge is 0.493 e. The molecule has 4 atom stereocenters. The molecule has 0 saturated carbocycles. The molecule has 44 heavy (non-hydrogen) atoms. The van der Waals surface area contributed by atoms with E-state index in [4.69, 9.17) is 31.5 Å². The van der Waals surface area contributed by atoms with Crippen LogP contribution in [-0.2, 0) is 10.2 Å². The molecule has 0 bridgehead atoms. The van der Waals surface area contributed by atoms with Gasteiger partial charge < -0.3 is 24.8 Å². The van der Waals surface area contributed by atoms with Crippen molar-refractivity contribution in [2.45, 2.75) is 37.1 Å². The molecule has 0 aromatic heterocycles. The van der Waals surface area contributed by atoms with Gasteiger partial charge in [-0.25, -0.2) is 0 Å². The monoisotopic (exact) mass is 641 g/mol. The molecule has 2 amide bonds. The van der Waals surface area contributed by atoms with Gasteiger partial charge >= 0.3 is 0 Å². The Balaban J connectivity index is 0.00000442. The van der Waals surface area contributed by atoms with Crippen LogP contribution in [0.3, 0.4) is 0 Å². The summed E-state index contributed by atoms with van der Waals surface area (Å²) < 4.78 is 16.4. The van der Waals surface area contributed by atoms with Gasteiger partial charge in [0.1, 0.15) is 0 Å². The zero-order valence-electron chi connectivity index (χ0n) is 25.6. The molecule has 2 aliphatic rings. The van der Waals surface area contributed by atoms with Gasteiger partial charge in [-0.2, -0.15) is 0 Å². The minimum Gasteiger partial charge on any atom is -0.493 e. The SMILES string of the molecule is COc1cc(C(=O)N2CCC(C(C)N3CCC(C(N)=O)(c4ccccc4)C(c4cccc(Cl)c4)C3)C2)cc(OC)c1OC.Cl. The molecule has 0 radical (unpaired) electrons. The molecule has 0 spiro atoms. The first-order chi connectivity index (χ1) is 20.7. The van der Waals surface area contributed by atoms with Crippen LogP contribution in [0.2, 0.25) is 5.02 Å². The van der Waals surface area contributed by atoms with Crippen LogP contribution in [0.25, 0.3) is 0 Å². The highest BCUT2D eigenvalue weighted by Crippen LogP contribution is 2.47. The number of likely N-dealkylation sites (tertiary alicyclic amines) is 2. The molecule has 4 unspecified atom stereocenters. The summed E-state index contributed by atoms with van der Waals surface area (Å²) in [5, 5.41) is 0.630. The Kier molecular flexibility index (Phi) is 10.7. The number of carbonyl (C=O) groups is 2. The number of hydrogen-bond acceptors (Lipinski definition) is 6. The summed E-state index contributed by atoms with van der Waals surface area (Å²) in [6.07, 6.45) is 1.48.